The van der Waals surface area contributed by atoms with Crippen LogP contribution in [-0.4, -0.2) is 37.2 Å². The van der Waals surface area contributed by atoms with Gasteiger partial charge in [0.05, 0.1) is 0 Å². The number of rotatable bonds is 6. The molecule has 1 saturated heterocycles. The molecular weight excluding hydrogens is 604 g/mol. The Balaban J connectivity index is 1.34. The van der Waals surface area contributed by atoms with Crippen LogP contribution in [-0.2, 0) is 22.3 Å². The van der Waals surface area contributed by atoms with Gasteiger partial charge < -0.3 is 0 Å². The first-order valence-electron chi connectivity index (χ1n) is 12.4. The van der Waals surface area contributed by atoms with Crippen molar-refractivity contribution >= 4 is 37.0 Å². The van der Waals surface area contributed by atoms with Crippen LogP contribution in [0.5, 0.6) is 0 Å². The van der Waals surface area contributed by atoms with Gasteiger partial charge in [0.25, 0.3) is 0 Å². The number of nitrogens with zero attached hydrogens (tertiary/aromatic N) is 2. The Labute approximate surface area is 227 Å². The van der Waals surface area contributed by atoms with Crippen LogP contribution in [0.4, 0.5) is 13.2 Å². The van der Waals surface area contributed by atoms with Crippen LogP contribution in [0.3, 0.4) is 0 Å². The molecule has 1 aliphatic heterocycles. The molecule has 0 bridgehead atoms. The molecule has 1 aliphatic rings. The number of pyridine rings is 1. The quantitative estimate of drug-likeness (QED) is 0.166. The van der Waals surface area contributed by atoms with Crippen molar-refractivity contribution in [3.63, 3.8) is 0 Å². The third-order valence-corrected chi connectivity index (χ3v) is 11.5. The number of halogens is 4. The normalized spacial score (nSPS) is 17.1. The number of hydrogen-bond donors (Lipinski definition) is 0. The summed E-state index contributed by atoms with van der Waals surface area (Å²) in [6, 6.07) is 23.4. The second-order valence-electron chi connectivity index (χ2n) is 9.47. The third-order valence-electron chi connectivity index (χ3n) is 6.58. The van der Waals surface area contributed by atoms with E-state index in [0.29, 0.717) is 25.1 Å². The van der Waals surface area contributed by atoms with Gasteiger partial charge in [0.15, 0.2) is 0 Å². The Morgan fingerprint density at radius 3 is 2.58 bits per heavy atom. The number of carbonyl (C=O) groups excluding carboxylic acids is 1. The van der Waals surface area contributed by atoms with Crippen molar-refractivity contribution in [1.82, 2.24) is 9.88 Å². The van der Waals surface area contributed by atoms with Gasteiger partial charge in [-0.05, 0) is 0 Å². The maximum absolute atomic E-state index is 13.6. The van der Waals surface area contributed by atoms with Gasteiger partial charge in [-0.2, -0.15) is 0 Å². The third kappa shape index (κ3) is 6.35. The SMILES string of the molecule is Cc1cc(C(=O)N2CCI(OCc3cnc4ccccc4c3)C[C@H]2Cc2ccccc2)cc(C(F)(F)F)c1. The zero-order valence-corrected chi connectivity index (χ0v) is 23.1. The Hall–Kier alpha value is -2.98. The van der Waals surface area contributed by atoms with Crippen molar-refractivity contribution in [2.24, 2.45) is 0 Å². The number of aryl methyl sites for hydroxylation is 1. The van der Waals surface area contributed by atoms with E-state index in [0.717, 1.165) is 43.0 Å². The predicted octanol–water partition coefficient (Wildman–Crippen LogP) is 7.27. The summed E-state index contributed by atoms with van der Waals surface area (Å²) in [5, 5.41) is 1.07. The molecule has 0 N–H and O–H groups in total. The molecule has 8 heteroatoms. The number of carbonyl (C=O) groups is 1. The van der Waals surface area contributed by atoms with Crippen LogP contribution in [0.2, 0.25) is 0 Å². The number of aromatic nitrogens is 1. The van der Waals surface area contributed by atoms with E-state index in [-0.39, 0.29) is 17.5 Å². The van der Waals surface area contributed by atoms with Gasteiger partial charge in [-0.15, -0.1) is 0 Å². The second-order valence-corrected chi connectivity index (χ2v) is 14.4. The first-order chi connectivity index (χ1) is 18.3. The fourth-order valence-electron chi connectivity index (χ4n) is 4.72. The van der Waals surface area contributed by atoms with Crippen molar-refractivity contribution in [2.45, 2.75) is 32.2 Å². The molecular formula is C30H28F3IN2O2. The molecule has 4 nitrogen and oxygen atoms in total. The average Bonchev–Trinajstić information content (AvgIpc) is 2.91. The number of alkyl halides is 5. The Morgan fingerprint density at radius 1 is 1.03 bits per heavy atom. The van der Waals surface area contributed by atoms with Crippen LogP contribution >= 0.6 is 20.2 Å². The summed E-state index contributed by atoms with van der Waals surface area (Å²) in [6.45, 7) is 2.54. The molecule has 1 fully saturated rings. The molecule has 0 radical (unpaired) electrons. The topological polar surface area (TPSA) is 42.4 Å². The molecule has 1 atom stereocenters. The van der Waals surface area contributed by atoms with Gasteiger partial charge in [-0.1, -0.05) is 0 Å². The first-order valence-corrected chi connectivity index (χ1v) is 16.3. The van der Waals surface area contributed by atoms with E-state index in [1.807, 2.05) is 60.8 Å². The van der Waals surface area contributed by atoms with E-state index in [1.165, 1.54) is 0 Å². The molecule has 198 valence electrons. The summed E-state index contributed by atoms with van der Waals surface area (Å²) in [7, 11) is 0. The van der Waals surface area contributed by atoms with Gasteiger partial charge in [0, 0.05) is 0 Å². The summed E-state index contributed by atoms with van der Waals surface area (Å²) in [5.74, 6) is -0.352. The van der Waals surface area contributed by atoms with Crippen LogP contribution < -0.4 is 0 Å². The number of hydrogen-bond acceptors (Lipinski definition) is 3. The first kappa shape index (κ1) is 26.6. The molecule has 0 saturated carbocycles. The van der Waals surface area contributed by atoms with Crippen LogP contribution in [0.25, 0.3) is 10.9 Å². The number of para-hydroxylation sites is 1. The Kier molecular flexibility index (Phi) is 7.99. The van der Waals surface area contributed by atoms with Crippen molar-refractivity contribution in [1.29, 1.82) is 0 Å². The van der Waals surface area contributed by atoms with Gasteiger partial charge in [0.2, 0.25) is 0 Å². The van der Waals surface area contributed by atoms with Crippen molar-refractivity contribution in [3.8, 4) is 0 Å². The fraction of sp³-hybridized carbons (Fsp3) is 0.267. The van der Waals surface area contributed by atoms with Crippen molar-refractivity contribution in [2.75, 3.05) is 15.4 Å². The van der Waals surface area contributed by atoms with Gasteiger partial charge in [0.1, 0.15) is 0 Å². The molecule has 38 heavy (non-hydrogen) atoms. The predicted molar refractivity (Wildman–Crippen MR) is 151 cm³/mol. The summed E-state index contributed by atoms with van der Waals surface area (Å²) < 4.78 is 48.3. The second kappa shape index (κ2) is 11.4. The van der Waals surface area contributed by atoms with E-state index >= 15 is 0 Å². The van der Waals surface area contributed by atoms with E-state index in [9.17, 15) is 18.0 Å². The van der Waals surface area contributed by atoms with Gasteiger partial charge in [-0.3, -0.25) is 0 Å². The minimum atomic E-state index is -4.50. The minimum absolute atomic E-state index is 0.0841. The zero-order valence-electron chi connectivity index (χ0n) is 20.9. The van der Waals surface area contributed by atoms with Crippen molar-refractivity contribution in [3.05, 3.63) is 113 Å². The zero-order chi connectivity index (χ0) is 26.7. The van der Waals surface area contributed by atoms with E-state index < -0.39 is 32.0 Å². The molecule has 0 spiro atoms. The monoisotopic (exact) mass is 632 g/mol. The van der Waals surface area contributed by atoms with E-state index in [4.69, 9.17) is 3.07 Å². The van der Waals surface area contributed by atoms with Crippen molar-refractivity contribution < 1.29 is 21.0 Å². The maximum atomic E-state index is 13.6. The average molecular weight is 632 g/mol. The fourth-order valence-corrected chi connectivity index (χ4v) is 9.50. The van der Waals surface area contributed by atoms with E-state index in [1.54, 1.807) is 17.9 Å². The standard InChI is InChI=1S/C30H28F3IN2O2/c1-21-13-25(17-26(14-21)30(31,32)33)29(37)36-12-11-34(18-27(36)16-22-7-3-2-4-8-22)38-20-23-15-24-9-5-6-10-28(24)35-19-23/h2-10,13-15,17,19,27H,11-12,16,18,20H2,1H3/t27-/m1/s1. The number of amides is 1. The molecule has 0 unspecified atom stereocenters. The number of fused-ring (bicyclic) bond motifs is 1. The number of benzene rings is 3. The Morgan fingerprint density at radius 2 is 1.79 bits per heavy atom. The molecule has 3 aromatic carbocycles. The molecule has 5 rings (SSSR count). The summed E-state index contributed by atoms with van der Waals surface area (Å²) in [6.07, 6.45) is -2.02. The molecule has 1 aromatic heterocycles. The van der Waals surface area contributed by atoms with Crippen LogP contribution in [0.15, 0.2) is 85.1 Å². The molecule has 4 aromatic rings. The van der Waals surface area contributed by atoms with Gasteiger partial charge >= 0.3 is 228 Å². The summed E-state index contributed by atoms with van der Waals surface area (Å²) in [5.41, 5.74) is 2.75. The Bertz CT molecular complexity index is 1430. The van der Waals surface area contributed by atoms with E-state index in [2.05, 4.69) is 11.1 Å². The van der Waals surface area contributed by atoms with Crippen LogP contribution in [0, 0.1) is 6.92 Å². The molecule has 1 amide bonds. The van der Waals surface area contributed by atoms with Gasteiger partial charge in [-0.25, -0.2) is 0 Å². The molecule has 2 heterocycles. The summed E-state index contributed by atoms with van der Waals surface area (Å²) >= 11 is -1.88. The summed E-state index contributed by atoms with van der Waals surface area (Å²) in [4.78, 5) is 19.9. The van der Waals surface area contributed by atoms with Crippen LogP contribution in [0.1, 0.15) is 32.6 Å². The molecule has 0 aliphatic carbocycles.